The average molecular weight is 247 g/mol. The van der Waals surface area contributed by atoms with Crippen molar-refractivity contribution < 1.29 is 14.3 Å². The molecule has 0 atom stereocenters. The van der Waals surface area contributed by atoms with Crippen LogP contribution in [0.1, 0.15) is 0 Å². The summed E-state index contributed by atoms with van der Waals surface area (Å²) in [5, 5.41) is -0.00133. The van der Waals surface area contributed by atoms with Gasteiger partial charge in [0.1, 0.15) is 6.54 Å². The van der Waals surface area contributed by atoms with Crippen LogP contribution in [0.5, 0.6) is 6.01 Å². The number of carbonyl (C=O) groups excluding carboxylic acids is 1. The largest absolute Gasteiger partial charge is 0.468 e. The molecule has 0 saturated heterocycles. The highest BCUT2D eigenvalue weighted by molar-refractivity contribution is 6.28. The Hall–Kier alpha value is -1.63. The van der Waals surface area contributed by atoms with Crippen LogP contribution in [-0.2, 0) is 9.53 Å². The SMILES string of the molecule is COC(=O)CN(C)c1nc(Cl)nc(OC)n1. The van der Waals surface area contributed by atoms with Crippen LogP contribution in [0.25, 0.3) is 0 Å². The van der Waals surface area contributed by atoms with Gasteiger partial charge in [0.25, 0.3) is 0 Å². The van der Waals surface area contributed by atoms with E-state index >= 15 is 0 Å². The monoisotopic (exact) mass is 246 g/mol. The van der Waals surface area contributed by atoms with Crippen molar-refractivity contribution in [1.29, 1.82) is 0 Å². The third-order valence-electron chi connectivity index (χ3n) is 1.69. The summed E-state index contributed by atoms with van der Waals surface area (Å²) >= 11 is 5.66. The predicted molar refractivity (Wildman–Crippen MR) is 56.7 cm³/mol. The highest BCUT2D eigenvalue weighted by Gasteiger charge is 2.12. The van der Waals surface area contributed by atoms with Gasteiger partial charge in [-0.05, 0) is 11.6 Å². The van der Waals surface area contributed by atoms with E-state index in [1.54, 1.807) is 7.05 Å². The number of ether oxygens (including phenoxy) is 2. The normalized spacial score (nSPS) is 9.75. The van der Waals surface area contributed by atoms with Crippen molar-refractivity contribution in [2.45, 2.75) is 0 Å². The predicted octanol–water partition coefficient (Wildman–Crippen LogP) is 0.143. The summed E-state index contributed by atoms with van der Waals surface area (Å²) in [4.78, 5) is 24.0. The van der Waals surface area contributed by atoms with Gasteiger partial charge in [0.15, 0.2) is 0 Å². The zero-order valence-electron chi connectivity index (χ0n) is 9.10. The van der Waals surface area contributed by atoms with Crippen LogP contribution in [0, 0.1) is 0 Å². The maximum Gasteiger partial charge on any atom is 0.325 e. The second-order valence-electron chi connectivity index (χ2n) is 2.82. The van der Waals surface area contributed by atoms with Gasteiger partial charge in [0.2, 0.25) is 11.2 Å². The molecule has 0 fully saturated rings. The molecule has 0 aliphatic rings. The van der Waals surface area contributed by atoms with Crippen molar-refractivity contribution in [1.82, 2.24) is 15.0 Å². The molecule has 1 aromatic heterocycles. The van der Waals surface area contributed by atoms with Gasteiger partial charge >= 0.3 is 12.0 Å². The van der Waals surface area contributed by atoms with Crippen LogP contribution in [0.4, 0.5) is 5.95 Å². The molecule has 0 aromatic carbocycles. The fraction of sp³-hybridized carbons (Fsp3) is 0.500. The maximum atomic E-state index is 11.0. The molecule has 1 aromatic rings. The molecule has 0 aliphatic carbocycles. The van der Waals surface area contributed by atoms with Crippen molar-refractivity contribution in [2.24, 2.45) is 0 Å². The molecule has 0 bridgehead atoms. The summed E-state index contributed by atoms with van der Waals surface area (Å²) in [7, 11) is 4.34. The summed E-state index contributed by atoms with van der Waals surface area (Å²) in [5.41, 5.74) is 0. The lowest BCUT2D eigenvalue weighted by Gasteiger charge is -2.15. The minimum Gasteiger partial charge on any atom is -0.468 e. The first-order chi connectivity index (χ1) is 7.56. The first-order valence-electron chi connectivity index (χ1n) is 4.30. The molecular weight excluding hydrogens is 236 g/mol. The quantitative estimate of drug-likeness (QED) is 0.700. The molecular formula is C8H11ClN4O3. The van der Waals surface area contributed by atoms with E-state index in [4.69, 9.17) is 16.3 Å². The fourth-order valence-corrected chi connectivity index (χ4v) is 1.06. The molecule has 0 aliphatic heterocycles. The maximum absolute atomic E-state index is 11.0. The van der Waals surface area contributed by atoms with Crippen molar-refractivity contribution in [3.05, 3.63) is 5.28 Å². The third-order valence-corrected chi connectivity index (χ3v) is 1.86. The molecule has 1 rings (SSSR count). The number of esters is 1. The molecule has 0 N–H and O–H groups in total. The van der Waals surface area contributed by atoms with Crippen LogP contribution in [0.3, 0.4) is 0 Å². The van der Waals surface area contributed by atoms with Gasteiger partial charge in [0, 0.05) is 7.05 Å². The number of carbonyl (C=O) groups is 1. The van der Waals surface area contributed by atoms with Gasteiger partial charge in [-0.3, -0.25) is 4.79 Å². The summed E-state index contributed by atoms with van der Waals surface area (Å²) in [5.74, 6) is -0.166. The molecule has 0 unspecified atom stereocenters. The van der Waals surface area contributed by atoms with Crippen LogP contribution in [0.15, 0.2) is 0 Å². The number of methoxy groups -OCH3 is 2. The highest BCUT2D eigenvalue weighted by Crippen LogP contribution is 2.13. The summed E-state index contributed by atoms with van der Waals surface area (Å²) in [6.45, 7) is 0.0139. The van der Waals surface area contributed by atoms with E-state index < -0.39 is 5.97 Å². The van der Waals surface area contributed by atoms with Gasteiger partial charge < -0.3 is 14.4 Å². The Morgan fingerprint density at radius 2 is 2.06 bits per heavy atom. The fourth-order valence-electron chi connectivity index (χ4n) is 0.913. The van der Waals surface area contributed by atoms with Crippen LogP contribution < -0.4 is 9.64 Å². The van der Waals surface area contributed by atoms with Crippen LogP contribution in [-0.4, -0.2) is 48.7 Å². The van der Waals surface area contributed by atoms with Crippen molar-refractivity contribution >= 4 is 23.5 Å². The summed E-state index contributed by atoms with van der Waals surface area (Å²) in [6.07, 6.45) is 0. The number of nitrogens with zero attached hydrogens (tertiary/aromatic N) is 4. The van der Waals surface area contributed by atoms with Crippen molar-refractivity contribution in [3.8, 4) is 6.01 Å². The molecule has 0 amide bonds. The Labute approximate surface area is 97.4 Å². The molecule has 7 nitrogen and oxygen atoms in total. The van der Waals surface area contributed by atoms with Gasteiger partial charge in [-0.1, -0.05) is 0 Å². The Kier molecular flexibility index (Phi) is 4.24. The molecule has 16 heavy (non-hydrogen) atoms. The summed E-state index contributed by atoms with van der Waals surface area (Å²) in [6, 6.07) is 0.0896. The molecule has 0 spiro atoms. The van der Waals surface area contributed by atoms with E-state index in [-0.39, 0.29) is 23.8 Å². The van der Waals surface area contributed by atoms with Crippen LogP contribution >= 0.6 is 11.6 Å². The zero-order valence-corrected chi connectivity index (χ0v) is 9.85. The number of halogens is 1. The van der Waals surface area contributed by atoms with Crippen LogP contribution in [0.2, 0.25) is 5.28 Å². The standard InChI is InChI=1S/C8H11ClN4O3/c1-13(4-5(14)15-2)7-10-6(9)11-8(12-7)16-3/h4H2,1-3H3. The van der Waals surface area contributed by atoms with E-state index in [0.29, 0.717) is 0 Å². The van der Waals surface area contributed by atoms with Crippen molar-refractivity contribution in [3.63, 3.8) is 0 Å². The minimum atomic E-state index is -0.405. The van der Waals surface area contributed by atoms with Crippen molar-refractivity contribution in [2.75, 3.05) is 32.7 Å². The van der Waals surface area contributed by atoms with E-state index in [1.165, 1.54) is 19.1 Å². The topological polar surface area (TPSA) is 77.4 Å². The third kappa shape index (κ3) is 3.20. The van der Waals surface area contributed by atoms with Gasteiger partial charge in [-0.2, -0.15) is 15.0 Å². The Bertz CT molecular complexity index is 388. The zero-order chi connectivity index (χ0) is 12.1. The number of anilines is 1. The summed E-state index contributed by atoms with van der Waals surface area (Å²) < 4.78 is 9.34. The minimum absolute atomic E-state index is 0.00133. The molecule has 88 valence electrons. The number of hydrogen-bond donors (Lipinski definition) is 0. The van der Waals surface area contributed by atoms with Gasteiger partial charge in [-0.15, -0.1) is 0 Å². The van der Waals surface area contributed by atoms with E-state index in [2.05, 4.69) is 19.7 Å². The number of hydrogen-bond acceptors (Lipinski definition) is 7. The lowest BCUT2D eigenvalue weighted by Crippen LogP contribution is -2.28. The van der Waals surface area contributed by atoms with Gasteiger partial charge in [0.05, 0.1) is 14.2 Å². The molecule has 8 heteroatoms. The second kappa shape index (κ2) is 5.45. The molecule has 0 radical (unpaired) electrons. The van der Waals surface area contributed by atoms with E-state index in [0.717, 1.165) is 0 Å². The first-order valence-corrected chi connectivity index (χ1v) is 4.68. The average Bonchev–Trinajstić information content (AvgIpc) is 2.27. The Balaban J connectivity index is 2.86. The van der Waals surface area contributed by atoms with Gasteiger partial charge in [-0.25, -0.2) is 0 Å². The highest BCUT2D eigenvalue weighted by atomic mass is 35.5. The number of rotatable bonds is 4. The smallest absolute Gasteiger partial charge is 0.325 e. The molecule has 0 saturated carbocycles. The molecule has 1 heterocycles. The first kappa shape index (κ1) is 12.4. The van der Waals surface area contributed by atoms with E-state index in [9.17, 15) is 4.79 Å². The second-order valence-corrected chi connectivity index (χ2v) is 3.16. The number of likely N-dealkylation sites (N-methyl/N-ethyl adjacent to an activating group) is 1. The Morgan fingerprint density at radius 3 is 2.62 bits per heavy atom. The number of aromatic nitrogens is 3. The van der Waals surface area contributed by atoms with E-state index in [1.807, 2.05) is 0 Å². The lowest BCUT2D eigenvalue weighted by molar-refractivity contribution is -0.138. The Morgan fingerprint density at radius 1 is 1.38 bits per heavy atom. The lowest BCUT2D eigenvalue weighted by atomic mass is 10.6.